The molecule has 1 N–H and O–H groups in total. The van der Waals surface area contributed by atoms with Crippen LogP contribution in [0.3, 0.4) is 0 Å². The van der Waals surface area contributed by atoms with Gasteiger partial charge in [0.05, 0.1) is 12.6 Å². The monoisotopic (exact) mass is 464 g/mol. The fraction of sp³-hybridized carbons (Fsp3) is 0.385. The molecule has 0 bridgehead atoms. The maximum atomic E-state index is 14.4. The van der Waals surface area contributed by atoms with Gasteiger partial charge in [0.1, 0.15) is 18.6 Å². The maximum Gasteiger partial charge on any atom is 0.243 e. The molecular weight excluding hydrogens is 435 g/mol. The number of alkyl halides is 1. The number of nitrogens with one attached hydrogen (secondary N) is 1. The zero-order valence-corrected chi connectivity index (χ0v) is 19.6. The Labute approximate surface area is 198 Å². The number of rotatable bonds is 7. The van der Waals surface area contributed by atoms with Crippen LogP contribution in [0.25, 0.3) is 0 Å². The van der Waals surface area contributed by atoms with Crippen molar-refractivity contribution in [1.29, 1.82) is 0 Å². The lowest BCUT2D eigenvalue weighted by molar-refractivity contribution is -0.138. The lowest BCUT2D eigenvalue weighted by atomic mass is 9.95. The molecule has 3 atom stereocenters. The number of carbonyl (C=O) groups excluding carboxylic acids is 2. The van der Waals surface area contributed by atoms with Gasteiger partial charge in [0.2, 0.25) is 23.6 Å². The Kier molecular flexibility index (Phi) is 7.05. The summed E-state index contributed by atoms with van der Waals surface area (Å²) >= 11 is 0. The molecule has 0 spiro atoms. The number of hydrogen-bond acceptors (Lipinski definition) is 5. The van der Waals surface area contributed by atoms with Gasteiger partial charge < -0.3 is 14.6 Å². The van der Waals surface area contributed by atoms with Gasteiger partial charge in [-0.15, -0.1) is 10.2 Å². The molecule has 0 saturated carbocycles. The Balaban J connectivity index is 1.55. The Hall–Kier alpha value is -3.55. The van der Waals surface area contributed by atoms with E-state index < -0.39 is 30.1 Å². The van der Waals surface area contributed by atoms with E-state index in [0.717, 1.165) is 11.1 Å². The zero-order chi connectivity index (χ0) is 24.2. The molecule has 1 aliphatic heterocycles. The first kappa shape index (κ1) is 23.6. The first-order valence-corrected chi connectivity index (χ1v) is 11.5. The summed E-state index contributed by atoms with van der Waals surface area (Å²) in [6.07, 6.45) is -1.49. The highest BCUT2D eigenvalue weighted by molar-refractivity contribution is 5.89. The first-order valence-electron chi connectivity index (χ1n) is 11.5. The molecule has 178 valence electrons. The van der Waals surface area contributed by atoms with Crippen LogP contribution in [0.2, 0.25) is 0 Å². The normalized spacial score (nSPS) is 18.8. The van der Waals surface area contributed by atoms with Crippen molar-refractivity contribution in [3.8, 4) is 0 Å². The Bertz CT molecular complexity index is 1130. The van der Waals surface area contributed by atoms with Crippen LogP contribution >= 0.6 is 0 Å². The average molecular weight is 465 g/mol. The number of aromatic nitrogens is 2. The summed E-state index contributed by atoms with van der Waals surface area (Å²) in [5.41, 5.74) is 3.02. The van der Waals surface area contributed by atoms with Crippen molar-refractivity contribution in [2.24, 2.45) is 0 Å². The van der Waals surface area contributed by atoms with E-state index in [-0.39, 0.29) is 25.3 Å². The summed E-state index contributed by atoms with van der Waals surface area (Å²) in [6, 6.07) is 16.4. The fourth-order valence-electron chi connectivity index (χ4n) is 4.27. The number of aryl methyl sites for hydroxylation is 1. The summed E-state index contributed by atoms with van der Waals surface area (Å²) in [6.45, 7) is 5.74. The van der Waals surface area contributed by atoms with Crippen LogP contribution in [-0.4, -0.2) is 45.7 Å². The van der Waals surface area contributed by atoms with Gasteiger partial charge >= 0.3 is 0 Å². The first-order chi connectivity index (χ1) is 16.3. The van der Waals surface area contributed by atoms with Crippen molar-refractivity contribution in [2.75, 3.05) is 6.54 Å². The molecule has 34 heavy (non-hydrogen) atoms. The molecule has 0 aliphatic carbocycles. The second-order valence-electron chi connectivity index (χ2n) is 8.96. The van der Waals surface area contributed by atoms with Gasteiger partial charge in [-0.2, -0.15) is 0 Å². The number of likely N-dealkylation sites (tertiary alicyclic amines) is 1. The van der Waals surface area contributed by atoms with Crippen molar-refractivity contribution in [3.63, 3.8) is 0 Å². The standard InChI is InChI=1S/C26H29FN4O3/c1-16(2)18-9-11-20(12-10-18)25(19-7-5-4-6-8-19)28-26(33)22-13-21(27)15-31(22)24(32)14-23-30-29-17(3)34-23/h4-12,16,21-22,25H,13-15H2,1-3H3,(H,28,33)/t21-,22+,25+/m1/s1. The second kappa shape index (κ2) is 10.2. The summed E-state index contributed by atoms with van der Waals surface area (Å²) in [7, 11) is 0. The van der Waals surface area contributed by atoms with Gasteiger partial charge in [-0.25, -0.2) is 4.39 Å². The summed E-state index contributed by atoms with van der Waals surface area (Å²) < 4.78 is 19.6. The van der Waals surface area contributed by atoms with Crippen LogP contribution in [0.15, 0.2) is 59.0 Å². The van der Waals surface area contributed by atoms with Gasteiger partial charge in [-0.05, 0) is 22.6 Å². The lowest BCUT2D eigenvalue weighted by Crippen LogP contribution is -2.47. The number of nitrogens with zero attached hydrogens (tertiary/aromatic N) is 3. The largest absolute Gasteiger partial charge is 0.425 e. The lowest BCUT2D eigenvalue weighted by Gasteiger charge is -2.27. The summed E-state index contributed by atoms with van der Waals surface area (Å²) in [4.78, 5) is 27.5. The molecule has 1 fully saturated rings. The van der Waals surface area contributed by atoms with E-state index in [1.165, 1.54) is 10.5 Å². The van der Waals surface area contributed by atoms with Crippen molar-refractivity contribution in [2.45, 2.75) is 57.8 Å². The minimum Gasteiger partial charge on any atom is -0.425 e. The third-order valence-corrected chi connectivity index (χ3v) is 6.10. The number of carbonyl (C=O) groups is 2. The van der Waals surface area contributed by atoms with Crippen LogP contribution in [-0.2, 0) is 16.0 Å². The molecule has 4 rings (SSSR count). The summed E-state index contributed by atoms with van der Waals surface area (Å²) in [5, 5.41) is 10.6. The fourth-order valence-corrected chi connectivity index (χ4v) is 4.27. The van der Waals surface area contributed by atoms with Gasteiger partial charge in [0.25, 0.3) is 0 Å². The van der Waals surface area contributed by atoms with Crippen LogP contribution in [0, 0.1) is 6.92 Å². The van der Waals surface area contributed by atoms with Crippen molar-refractivity contribution < 1.29 is 18.4 Å². The Morgan fingerprint density at radius 1 is 1.06 bits per heavy atom. The van der Waals surface area contributed by atoms with Crippen molar-refractivity contribution >= 4 is 11.8 Å². The van der Waals surface area contributed by atoms with E-state index in [1.54, 1.807) is 6.92 Å². The van der Waals surface area contributed by atoms with Crippen LogP contribution < -0.4 is 5.32 Å². The highest BCUT2D eigenvalue weighted by Gasteiger charge is 2.40. The predicted octanol–water partition coefficient (Wildman–Crippen LogP) is 3.89. The maximum absolute atomic E-state index is 14.4. The van der Waals surface area contributed by atoms with Crippen LogP contribution in [0.1, 0.15) is 60.7 Å². The van der Waals surface area contributed by atoms with Gasteiger partial charge in [-0.1, -0.05) is 68.4 Å². The molecule has 7 nitrogen and oxygen atoms in total. The predicted molar refractivity (Wildman–Crippen MR) is 125 cm³/mol. The van der Waals surface area contributed by atoms with Crippen LogP contribution in [0.5, 0.6) is 0 Å². The number of amides is 2. The molecule has 1 aliphatic rings. The van der Waals surface area contributed by atoms with E-state index in [4.69, 9.17) is 4.42 Å². The minimum atomic E-state index is -1.27. The van der Waals surface area contributed by atoms with E-state index in [2.05, 4.69) is 41.5 Å². The second-order valence-corrected chi connectivity index (χ2v) is 8.96. The minimum absolute atomic E-state index is 0.0474. The number of halogens is 1. The van der Waals surface area contributed by atoms with E-state index >= 15 is 0 Å². The molecule has 1 saturated heterocycles. The Morgan fingerprint density at radius 3 is 2.32 bits per heavy atom. The molecule has 2 amide bonds. The summed E-state index contributed by atoms with van der Waals surface area (Å²) in [5.74, 6) is 0.0759. The Morgan fingerprint density at radius 2 is 1.71 bits per heavy atom. The van der Waals surface area contributed by atoms with Crippen molar-refractivity contribution in [3.05, 3.63) is 83.1 Å². The quantitative estimate of drug-likeness (QED) is 0.573. The molecule has 3 aromatic rings. The average Bonchev–Trinajstić information content (AvgIpc) is 3.43. The van der Waals surface area contributed by atoms with Crippen molar-refractivity contribution in [1.82, 2.24) is 20.4 Å². The SMILES string of the molecule is Cc1nnc(CC(=O)N2C[C@H](F)C[C@H]2C(=O)N[C@@H](c2ccccc2)c2ccc(C(C)C)cc2)o1. The number of benzene rings is 2. The van der Waals surface area contributed by atoms with Gasteiger partial charge in [0.15, 0.2) is 0 Å². The molecule has 0 radical (unpaired) electrons. The molecule has 2 heterocycles. The zero-order valence-electron chi connectivity index (χ0n) is 19.6. The number of hydrogen-bond donors (Lipinski definition) is 1. The van der Waals surface area contributed by atoms with Gasteiger partial charge in [0, 0.05) is 13.3 Å². The van der Waals surface area contributed by atoms with Crippen LogP contribution in [0.4, 0.5) is 4.39 Å². The topological polar surface area (TPSA) is 88.3 Å². The van der Waals surface area contributed by atoms with Gasteiger partial charge in [-0.3, -0.25) is 9.59 Å². The highest BCUT2D eigenvalue weighted by Crippen LogP contribution is 2.27. The molecule has 2 aromatic carbocycles. The molecule has 8 heteroatoms. The third kappa shape index (κ3) is 5.32. The molecular formula is C26H29FN4O3. The molecule has 1 aromatic heterocycles. The highest BCUT2D eigenvalue weighted by atomic mass is 19.1. The third-order valence-electron chi connectivity index (χ3n) is 6.10. The van der Waals surface area contributed by atoms with E-state index in [0.29, 0.717) is 11.8 Å². The van der Waals surface area contributed by atoms with E-state index in [1.807, 2.05) is 42.5 Å². The van der Waals surface area contributed by atoms with E-state index in [9.17, 15) is 14.0 Å². The smallest absolute Gasteiger partial charge is 0.243 e. The molecule has 0 unspecified atom stereocenters.